The molecule has 35 heavy (non-hydrogen) atoms. The van der Waals surface area contributed by atoms with Crippen molar-refractivity contribution < 1.29 is 26.7 Å². The maximum atomic E-state index is 13.9. The number of halogens is 3. The fourth-order valence-electron chi connectivity index (χ4n) is 3.39. The molecule has 0 saturated carbocycles. The van der Waals surface area contributed by atoms with Crippen molar-refractivity contribution in [3.63, 3.8) is 0 Å². The maximum absolute atomic E-state index is 13.9. The highest BCUT2D eigenvalue weighted by molar-refractivity contribution is 7.92. The summed E-state index contributed by atoms with van der Waals surface area (Å²) < 4.78 is 69.3. The van der Waals surface area contributed by atoms with Crippen LogP contribution in [0.15, 0.2) is 83.8 Å². The van der Waals surface area contributed by atoms with Crippen molar-refractivity contribution >= 4 is 15.7 Å². The van der Waals surface area contributed by atoms with Gasteiger partial charge in [-0.1, -0.05) is 42.3 Å². The molecule has 1 atom stereocenters. The fraction of sp³-hybridized carbons (Fsp3) is 0.192. The largest absolute Gasteiger partial charge is 0.433 e. The first kappa shape index (κ1) is 25.8. The van der Waals surface area contributed by atoms with Crippen LogP contribution >= 0.6 is 0 Å². The average molecular weight is 499 g/mol. The Balaban J connectivity index is 2.05. The Morgan fingerprint density at radius 1 is 0.914 bits per heavy atom. The first-order chi connectivity index (χ1) is 16.4. The number of aliphatic hydroxyl groups is 1. The Morgan fingerprint density at radius 2 is 1.51 bits per heavy atom. The van der Waals surface area contributed by atoms with Crippen molar-refractivity contribution in [3.8, 4) is 17.9 Å². The minimum absolute atomic E-state index is 0.0895. The van der Waals surface area contributed by atoms with E-state index in [4.69, 9.17) is 5.26 Å². The van der Waals surface area contributed by atoms with E-state index >= 15 is 0 Å². The molecule has 0 aliphatic rings. The van der Waals surface area contributed by atoms with Gasteiger partial charge in [0.15, 0.2) is 0 Å². The van der Waals surface area contributed by atoms with Gasteiger partial charge in [0.2, 0.25) is 5.60 Å². The van der Waals surface area contributed by atoms with Crippen molar-refractivity contribution in [3.05, 3.63) is 95.6 Å². The summed E-state index contributed by atoms with van der Waals surface area (Å²) >= 11 is 0. The summed E-state index contributed by atoms with van der Waals surface area (Å²) in [6.07, 6.45) is -5.11. The van der Waals surface area contributed by atoms with Crippen molar-refractivity contribution in [2.45, 2.75) is 36.6 Å². The van der Waals surface area contributed by atoms with E-state index < -0.39 is 33.4 Å². The van der Waals surface area contributed by atoms with E-state index in [1.807, 2.05) is 12.0 Å². The second-order valence-electron chi connectivity index (χ2n) is 7.91. The summed E-state index contributed by atoms with van der Waals surface area (Å²) in [4.78, 5) is -0.130. The summed E-state index contributed by atoms with van der Waals surface area (Å²) in [6.45, 7) is 3.22. The minimum atomic E-state index is -5.11. The molecule has 0 aliphatic heterocycles. The number of benzene rings is 3. The van der Waals surface area contributed by atoms with Gasteiger partial charge in [0.25, 0.3) is 10.0 Å². The molecule has 0 fully saturated rings. The van der Waals surface area contributed by atoms with Gasteiger partial charge in [-0.15, -0.1) is 0 Å². The third-order valence-electron chi connectivity index (χ3n) is 5.10. The van der Waals surface area contributed by atoms with Crippen LogP contribution in [-0.4, -0.2) is 25.7 Å². The molecule has 0 unspecified atom stereocenters. The van der Waals surface area contributed by atoms with Crippen LogP contribution in [0.3, 0.4) is 0 Å². The Morgan fingerprint density at radius 3 is 2.06 bits per heavy atom. The molecule has 0 aliphatic carbocycles. The molecule has 0 amide bonds. The Kier molecular flexibility index (Phi) is 7.25. The molecule has 1 N–H and O–H groups in total. The molecular formula is C26H21F3N2O3S. The normalized spacial score (nSPS) is 13.3. The lowest BCUT2D eigenvalue weighted by atomic mass is 9.93. The molecule has 9 heteroatoms. The number of hydrogen-bond acceptors (Lipinski definition) is 4. The molecule has 0 spiro atoms. The first-order valence-corrected chi connectivity index (χ1v) is 11.9. The number of hydrogen-bond donors (Lipinski definition) is 1. The molecule has 0 heterocycles. The second kappa shape index (κ2) is 9.83. The lowest BCUT2D eigenvalue weighted by Gasteiger charge is -2.30. The van der Waals surface area contributed by atoms with Crippen molar-refractivity contribution in [1.29, 1.82) is 5.26 Å². The quantitative estimate of drug-likeness (QED) is 0.504. The molecule has 3 rings (SSSR count). The number of anilines is 1. The zero-order chi connectivity index (χ0) is 25.9. The van der Waals surface area contributed by atoms with Crippen molar-refractivity contribution in [2.24, 2.45) is 0 Å². The lowest BCUT2D eigenvalue weighted by molar-refractivity contribution is -0.240. The molecule has 0 radical (unpaired) electrons. The van der Waals surface area contributed by atoms with Gasteiger partial charge in [0.1, 0.15) is 0 Å². The number of nitriles is 1. The predicted octanol–water partition coefficient (Wildman–Crippen LogP) is 4.96. The van der Waals surface area contributed by atoms with Gasteiger partial charge in [0.05, 0.1) is 22.2 Å². The molecule has 3 aromatic carbocycles. The summed E-state index contributed by atoms with van der Waals surface area (Å²) in [5, 5.41) is 19.7. The zero-order valence-corrected chi connectivity index (χ0v) is 19.6. The van der Waals surface area contributed by atoms with Crippen molar-refractivity contribution in [2.75, 3.05) is 4.31 Å². The van der Waals surface area contributed by atoms with E-state index in [-0.39, 0.29) is 16.1 Å². The van der Waals surface area contributed by atoms with Crippen LogP contribution in [0.2, 0.25) is 0 Å². The van der Waals surface area contributed by atoms with Gasteiger partial charge in [-0.25, -0.2) is 8.42 Å². The fourth-order valence-corrected chi connectivity index (χ4v) is 5.10. The molecule has 3 aromatic rings. The highest BCUT2D eigenvalue weighted by Gasteiger charge is 2.54. The van der Waals surface area contributed by atoms with Crippen LogP contribution in [0.1, 0.15) is 30.5 Å². The number of nitrogens with zero attached hydrogens (tertiary/aromatic N) is 2. The van der Waals surface area contributed by atoms with Crippen molar-refractivity contribution in [1.82, 2.24) is 0 Å². The Bertz CT molecular complexity index is 1400. The zero-order valence-electron chi connectivity index (χ0n) is 18.8. The Labute approximate surface area is 202 Å². The summed E-state index contributed by atoms with van der Waals surface area (Å²) in [5.74, 6) is 4.28. The lowest BCUT2D eigenvalue weighted by Crippen LogP contribution is -2.41. The smallest absolute Gasteiger partial charge is 0.366 e. The second-order valence-corrected chi connectivity index (χ2v) is 9.72. The van der Waals surface area contributed by atoms with Crippen LogP contribution < -0.4 is 4.31 Å². The average Bonchev–Trinajstić information content (AvgIpc) is 2.82. The molecular weight excluding hydrogens is 477 g/mol. The first-order valence-electron chi connectivity index (χ1n) is 10.4. The monoisotopic (exact) mass is 498 g/mol. The maximum Gasteiger partial charge on any atom is 0.433 e. The number of rotatable bonds is 5. The predicted molar refractivity (Wildman–Crippen MR) is 126 cm³/mol. The standard InChI is InChI=1S/C26H21F3N2O3S/c1-19(2)31(35(33,34)24-10-6-9-21(17-24)18-30)23-13-11-22(12-14-23)25(32,26(27,28)29)16-15-20-7-4-3-5-8-20/h3-14,17,19,32H,1-2H3/t25-/m0/s1. The van der Waals surface area contributed by atoms with Gasteiger partial charge < -0.3 is 5.11 Å². The molecule has 5 nitrogen and oxygen atoms in total. The van der Waals surface area contributed by atoms with E-state index in [2.05, 4.69) is 5.92 Å². The summed E-state index contributed by atoms with van der Waals surface area (Å²) in [7, 11) is -4.14. The van der Waals surface area contributed by atoms with Crippen LogP contribution in [0.25, 0.3) is 0 Å². The van der Waals surface area contributed by atoms with Crippen LogP contribution in [-0.2, 0) is 15.6 Å². The van der Waals surface area contributed by atoms with Gasteiger partial charge in [-0.3, -0.25) is 4.31 Å². The topological polar surface area (TPSA) is 81.4 Å². The molecule has 0 saturated heterocycles. The molecule has 0 bridgehead atoms. The van der Waals surface area contributed by atoms with Crippen LogP contribution in [0, 0.1) is 23.2 Å². The summed E-state index contributed by atoms with van der Waals surface area (Å²) in [5.41, 5.74) is -3.48. The van der Waals surface area contributed by atoms with Gasteiger partial charge in [0, 0.05) is 17.2 Å². The highest BCUT2D eigenvalue weighted by Crippen LogP contribution is 2.39. The van der Waals surface area contributed by atoms with Gasteiger partial charge in [-0.2, -0.15) is 18.4 Å². The summed E-state index contributed by atoms with van der Waals surface area (Å²) in [6, 6.07) is 19.0. The highest BCUT2D eigenvalue weighted by atomic mass is 32.2. The van der Waals surface area contributed by atoms with E-state index in [9.17, 15) is 26.7 Å². The Hall–Kier alpha value is -3.79. The van der Waals surface area contributed by atoms with E-state index in [0.717, 1.165) is 16.4 Å². The van der Waals surface area contributed by atoms with E-state index in [1.54, 1.807) is 32.0 Å². The minimum Gasteiger partial charge on any atom is -0.366 e. The molecule has 0 aromatic heterocycles. The third-order valence-corrected chi connectivity index (χ3v) is 7.10. The van der Waals surface area contributed by atoms with E-state index in [1.165, 1.54) is 48.5 Å². The SMILES string of the molecule is CC(C)N(c1ccc([C@@](O)(C#Cc2ccccc2)C(F)(F)F)cc1)S(=O)(=O)c1cccc(C#N)c1. The third kappa shape index (κ3) is 5.32. The van der Waals surface area contributed by atoms with Gasteiger partial charge in [-0.05, 0) is 62.2 Å². The van der Waals surface area contributed by atoms with Gasteiger partial charge >= 0.3 is 6.18 Å². The van der Waals surface area contributed by atoms with E-state index in [0.29, 0.717) is 5.56 Å². The van der Waals surface area contributed by atoms with Crippen LogP contribution in [0.5, 0.6) is 0 Å². The number of alkyl halides is 3. The number of sulfonamides is 1. The van der Waals surface area contributed by atoms with Crippen LogP contribution in [0.4, 0.5) is 18.9 Å². The molecule has 180 valence electrons.